The third-order valence-corrected chi connectivity index (χ3v) is 3.32. The van der Waals surface area contributed by atoms with Gasteiger partial charge in [-0.25, -0.2) is 0 Å². The summed E-state index contributed by atoms with van der Waals surface area (Å²) in [5.74, 6) is 0.0942. The van der Waals surface area contributed by atoms with E-state index in [2.05, 4.69) is 21.2 Å². The van der Waals surface area contributed by atoms with Crippen molar-refractivity contribution >= 4 is 33.2 Å². The molecule has 0 aromatic heterocycles. The van der Waals surface area contributed by atoms with Crippen molar-refractivity contribution in [3.63, 3.8) is 0 Å². The first-order valence-corrected chi connectivity index (χ1v) is 5.98. The number of nitrogen functional groups attached to an aromatic ring is 1. The van der Waals surface area contributed by atoms with E-state index in [9.17, 15) is 4.79 Å². The summed E-state index contributed by atoms with van der Waals surface area (Å²) in [6, 6.07) is 5.36. The van der Waals surface area contributed by atoms with Gasteiger partial charge in [0.25, 0.3) is 0 Å². The van der Waals surface area contributed by atoms with Crippen LogP contribution < -0.4 is 16.0 Å². The summed E-state index contributed by atoms with van der Waals surface area (Å²) in [5.41, 5.74) is 7.24. The Balaban J connectivity index is 2.32. The molecule has 0 saturated carbocycles. The number of carbonyl (C=O) groups is 1. The van der Waals surface area contributed by atoms with Gasteiger partial charge in [-0.15, -0.1) is 0 Å². The second-order valence-corrected chi connectivity index (χ2v) is 4.73. The highest BCUT2D eigenvalue weighted by molar-refractivity contribution is 9.10. The van der Waals surface area contributed by atoms with E-state index in [1.54, 1.807) is 11.0 Å². The molecule has 1 aliphatic heterocycles. The normalized spacial score (nSPS) is 21.2. The van der Waals surface area contributed by atoms with E-state index in [1.807, 2.05) is 19.1 Å². The van der Waals surface area contributed by atoms with E-state index in [-0.39, 0.29) is 11.9 Å². The molecule has 0 radical (unpaired) electrons. The molecule has 2 rings (SSSR count). The van der Waals surface area contributed by atoms with Gasteiger partial charge in [0.2, 0.25) is 5.91 Å². The monoisotopic (exact) mass is 283 g/mol. The van der Waals surface area contributed by atoms with Gasteiger partial charge in [0, 0.05) is 23.2 Å². The van der Waals surface area contributed by atoms with Crippen LogP contribution in [0, 0.1) is 0 Å². The van der Waals surface area contributed by atoms with Gasteiger partial charge in [0.1, 0.15) is 0 Å². The quantitative estimate of drug-likeness (QED) is 0.765. The molecule has 5 heteroatoms. The fourth-order valence-corrected chi connectivity index (χ4v) is 2.42. The number of hydrogen-bond acceptors (Lipinski definition) is 3. The molecule has 1 unspecified atom stereocenters. The van der Waals surface area contributed by atoms with Crippen LogP contribution in [0.15, 0.2) is 22.7 Å². The number of piperazine rings is 1. The zero-order chi connectivity index (χ0) is 11.7. The molecule has 86 valence electrons. The maximum Gasteiger partial charge on any atom is 0.243 e. The maximum absolute atomic E-state index is 12.0. The topological polar surface area (TPSA) is 58.4 Å². The standard InChI is InChI=1S/C11H14BrN3O/c1-7-11(16)15(5-4-14-7)10-3-2-8(13)6-9(10)12/h2-3,6-7,14H,4-5,13H2,1H3. The Morgan fingerprint density at radius 1 is 1.56 bits per heavy atom. The Labute approximate surface area is 103 Å². The molecule has 1 fully saturated rings. The SMILES string of the molecule is CC1NCCN(c2ccc(N)cc2Br)C1=O. The molecule has 1 aliphatic rings. The molecular weight excluding hydrogens is 270 g/mol. The van der Waals surface area contributed by atoms with Gasteiger partial charge in [-0.2, -0.15) is 0 Å². The van der Waals surface area contributed by atoms with Crippen molar-refractivity contribution in [1.82, 2.24) is 5.32 Å². The molecule has 4 nitrogen and oxygen atoms in total. The highest BCUT2D eigenvalue weighted by atomic mass is 79.9. The van der Waals surface area contributed by atoms with Gasteiger partial charge in [0.05, 0.1) is 11.7 Å². The number of hydrogen-bond donors (Lipinski definition) is 2. The third-order valence-electron chi connectivity index (χ3n) is 2.68. The predicted octanol–water partition coefficient (Wildman–Crippen LogP) is 1.36. The molecule has 1 aromatic rings. The van der Waals surface area contributed by atoms with Crippen LogP contribution in [0.5, 0.6) is 0 Å². The van der Waals surface area contributed by atoms with Gasteiger partial charge in [0.15, 0.2) is 0 Å². The van der Waals surface area contributed by atoms with Crippen molar-refractivity contribution in [1.29, 1.82) is 0 Å². The predicted molar refractivity (Wildman–Crippen MR) is 68.4 cm³/mol. The van der Waals surface area contributed by atoms with Gasteiger partial charge >= 0.3 is 0 Å². The van der Waals surface area contributed by atoms with Gasteiger partial charge < -0.3 is 16.0 Å². The zero-order valence-corrected chi connectivity index (χ0v) is 10.6. The lowest BCUT2D eigenvalue weighted by Crippen LogP contribution is -2.54. The molecule has 0 bridgehead atoms. The van der Waals surface area contributed by atoms with Crippen LogP contribution in [-0.4, -0.2) is 25.0 Å². The molecule has 0 aliphatic carbocycles. The molecule has 1 heterocycles. The van der Waals surface area contributed by atoms with Crippen molar-refractivity contribution in [2.45, 2.75) is 13.0 Å². The molecule has 16 heavy (non-hydrogen) atoms. The number of halogens is 1. The van der Waals surface area contributed by atoms with E-state index in [0.29, 0.717) is 12.2 Å². The maximum atomic E-state index is 12.0. The van der Waals surface area contributed by atoms with Crippen molar-refractivity contribution < 1.29 is 4.79 Å². The van der Waals surface area contributed by atoms with Crippen LogP contribution in [0.1, 0.15) is 6.92 Å². The number of benzene rings is 1. The van der Waals surface area contributed by atoms with Crippen molar-refractivity contribution in [3.05, 3.63) is 22.7 Å². The van der Waals surface area contributed by atoms with Crippen LogP contribution in [0.4, 0.5) is 11.4 Å². The zero-order valence-electron chi connectivity index (χ0n) is 9.03. The minimum Gasteiger partial charge on any atom is -0.399 e. The van der Waals surface area contributed by atoms with E-state index in [0.717, 1.165) is 16.7 Å². The number of amides is 1. The van der Waals surface area contributed by atoms with Crippen LogP contribution in [0.25, 0.3) is 0 Å². The largest absolute Gasteiger partial charge is 0.399 e. The number of nitrogens with one attached hydrogen (secondary N) is 1. The minimum atomic E-state index is -0.127. The fourth-order valence-electron chi connectivity index (χ4n) is 1.81. The molecule has 1 atom stereocenters. The van der Waals surface area contributed by atoms with Crippen LogP contribution in [0.2, 0.25) is 0 Å². The Bertz CT molecular complexity index is 422. The van der Waals surface area contributed by atoms with Crippen molar-refractivity contribution in [2.75, 3.05) is 23.7 Å². The second kappa shape index (κ2) is 4.43. The summed E-state index contributed by atoms with van der Waals surface area (Å²) < 4.78 is 0.856. The third kappa shape index (κ3) is 2.05. The first-order chi connectivity index (χ1) is 7.59. The number of carbonyl (C=O) groups excluding carboxylic acids is 1. The lowest BCUT2D eigenvalue weighted by molar-refractivity contribution is -0.121. The molecule has 1 amide bonds. The first kappa shape index (κ1) is 11.4. The Morgan fingerprint density at radius 3 is 3.00 bits per heavy atom. The average molecular weight is 284 g/mol. The Kier molecular flexibility index (Phi) is 3.16. The van der Waals surface area contributed by atoms with E-state index in [1.165, 1.54) is 0 Å². The lowest BCUT2D eigenvalue weighted by Gasteiger charge is -2.32. The lowest BCUT2D eigenvalue weighted by atomic mass is 10.2. The summed E-state index contributed by atoms with van der Waals surface area (Å²) in [4.78, 5) is 13.8. The summed E-state index contributed by atoms with van der Waals surface area (Å²) >= 11 is 3.44. The summed E-state index contributed by atoms with van der Waals surface area (Å²) in [7, 11) is 0. The number of nitrogens with zero attached hydrogens (tertiary/aromatic N) is 1. The number of rotatable bonds is 1. The summed E-state index contributed by atoms with van der Waals surface area (Å²) in [6.07, 6.45) is 0. The summed E-state index contributed by atoms with van der Waals surface area (Å²) in [5, 5.41) is 3.13. The minimum absolute atomic E-state index is 0.0942. The van der Waals surface area contributed by atoms with Gasteiger partial charge in [-0.3, -0.25) is 4.79 Å². The van der Waals surface area contributed by atoms with Gasteiger partial charge in [-0.05, 0) is 41.1 Å². The highest BCUT2D eigenvalue weighted by Gasteiger charge is 2.26. The molecule has 1 aromatic carbocycles. The van der Waals surface area contributed by atoms with E-state index in [4.69, 9.17) is 5.73 Å². The first-order valence-electron chi connectivity index (χ1n) is 5.19. The Hall–Kier alpha value is -1.07. The van der Waals surface area contributed by atoms with Crippen LogP contribution in [0.3, 0.4) is 0 Å². The van der Waals surface area contributed by atoms with Crippen LogP contribution in [-0.2, 0) is 4.79 Å². The fraction of sp³-hybridized carbons (Fsp3) is 0.364. The smallest absolute Gasteiger partial charge is 0.243 e. The molecule has 1 saturated heterocycles. The van der Waals surface area contributed by atoms with Gasteiger partial charge in [-0.1, -0.05) is 0 Å². The summed E-state index contributed by atoms with van der Waals surface area (Å²) in [6.45, 7) is 3.37. The number of nitrogens with two attached hydrogens (primary N) is 1. The molecule has 3 N–H and O–H groups in total. The second-order valence-electron chi connectivity index (χ2n) is 3.88. The van der Waals surface area contributed by atoms with Crippen molar-refractivity contribution in [2.24, 2.45) is 0 Å². The molecule has 0 spiro atoms. The Morgan fingerprint density at radius 2 is 2.31 bits per heavy atom. The number of anilines is 2. The van der Waals surface area contributed by atoms with E-state index >= 15 is 0 Å². The highest BCUT2D eigenvalue weighted by Crippen LogP contribution is 2.29. The molecular formula is C11H14BrN3O. The van der Waals surface area contributed by atoms with E-state index < -0.39 is 0 Å². The van der Waals surface area contributed by atoms with Crippen molar-refractivity contribution in [3.8, 4) is 0 Å². The van der Waals surface area contributed by atoms with Crippen LogP contribution >= 0.6 is 15.9 Å². The average Bonchev–Trinajstić information content (AvgIpc) is 2.23.